The molecule has 5 unspecified atom stereocenters. The molecular formula is C18H30O11S4. The molecule has 0 saturated heterocycles. The van der Waals surface area contributed by atoms with E-state index >= 15 is 0 Å². The molecule has 7 N–H and O–H groups in total. The summed E-state index contributed by atoms with van der Waals surface area (Å²) in [7, 11) is 0. The van der Waals surface area contributed by atoms with E-state index in [1.807, 2.05) is 0 Å². The minimum atomic E-state index is -2.09. The van der Waals surface area contributed by atoms with Crippen LogP contribution in [0.2, 0.25) is 0 Å². The number of aliphatic hydroxyl groups is 3. The quantitative estimate of drug-likeness (QED) is 0.105. The van der Waals surface area contributed by atoms with Crippen molar-refractivity contribution >= 4 is 74.4 Å². The minimum Gasteiger partial charge on any atom is -0.481 e. The average Bonchev–Trinajstić information content (AvgIpc) is 2.65. The highest BCUT2D eigenvalue weighted by molar-refractivity contribution is 7.83. The van der Waals surface area contributed by atoms with Crippen molar-refractivity contribution in [3.63, 3.8) is 0 Å². The first-order valence-corrected chi connectivity index (χ1v) is 11.7. The van der Waals surface area contributed by atoms with Gasteiger partial charge in [0.2, 0.25) is 0 Å². The molecule has 0 aromatic heterocycles. The third-order valence-corrected chi connectivity index (χ3v) is 8.43. The van der Waals surface area contributed by atoms with Gasteiger partial charge in [-0.1, -0.05) is 0 Å². The van der Waals surface area contributed by atoms with E-state index in [4.69, 9.17) is 0 Å². The smallest absolute Gasteiger partial charge is 0.304 e. The van der Waals surface area contributed by atoms with Crippen molar-refractivity contribution in [3.05, 3.63) is 0 Å². The topological polar surface area (TPSA) is 210 Å². The number of carboxylic acid groups (broad SMARTS) is 4. The fourth-order valence-electron chi connectivity index (χ4n) is 4.62. The molecule has 0 radical (unpaired) electrons. The monoisotopic (exact) mass is 550 g/mol. The summed E-state index contributed by atoms with van der Waals surface area (Å²) in [6.45, 7) is -2.79. The van der Waals surface area contributed by atoms with E-state index in [1.165, 1.54) is 0 Å². The van der Waals surface area contributed by atoms with Gasteiger partial charge in [-0.15, -0.1) is 0 Å². The second-order valence-corrected chi connectivity index (χ2v) is 10.1. The summed E-state index contributed by atoms with van der Waals surface area (Å²) >= 11 is 17.4. The number of hydrogen-bond acceptors (Lipinski definition) is 11. The fraction of sp³-hybridized carbons (Fsp3) is 0.778. The van der Waals surface area contributed by atoms with Gasteiger partial charge < -0.3 is 35.7 Å². The Balaban J connectivity index is 7.67. The normalized spacial score (nSPS) is 19.0. The predicted molar refractivity (Wildman–Crippen MR) is 130 cm³/mol. The van der Waals surface area contributed by atoms with Crippen LogP contribution in [0, 0.1) is 16.7 Å². The molecular weight excluding hydrogens is 520 g/mol. The summed E-state index contributed by atoms with van der Waals surface area (Å²) in [6.07, 6.45) is -3.17. The fourth-order valence-corrected chi connectivity index (χ4v) is 7.91. The zero-order valence-electron chi connectivity index (χ0n) is 17.4. The van der Waals surface area contributed by atoms with Crippen LogP contribution in [0.25, 0.3) is 0 Å². The molecule has 0 amide bonds. The second-order valence-electron chi connectivity index (χ2n) is 7.65. The summed E-state index contributed by atoms with van der Waals surface area (Å²) in [6, 6.07) is 0. The Hall–Kier alpha value is -0.840. The molecule has 0 aliphatic rings. The van der Waals surface area contributed by atoms with Crippen molar-refractivity contribution in [1.29, 1.82) is 0 Å². The standard InChI is InChI=1S/C18H30O11S4/c19-5-8(6-20)17(7-21,9(30)1-13(22)23)18(10(31)2-14(24)25,11(32)3-15(26)27)12(33)4-16(28)29/h8-12,19-21,30-33H,1-7H2,(H,22,23)(H,24,25)(H,26,27)(H,28,29). The first-order chi connectivity index (χ1) is 15.2. The van der Waals surface area contributed by atoms with Crippen molar-refractivity contribution < 1.29 is 54.9 Å². The van der Waals surface area contributed by atoms with Gasteiger partial charge in [-0.2, -0.15) is 50.5 Å². The lowest BCUT2D eigenvalue weighted by Crippen LogP contribution is -2.68. The van der Waals surface area contributed by atoms with E-state index < -0.39 is 107 Å². The largest absolute Gasteiger partial charge is 0.481 e. The molecule has 5 atom stereocenters. The Kier molecular flexibility index (Phi) is 13.5. The Labute approximate surface area is 212 Å². The Morgan fingerprint density at radius 2 is 0.848 bits per heavy atom. The molecule has 0 aromatic rings. The Morgan fingerprint density at radius 3 is 1.06 bits per heavy atom. The van der Waals surface area contributed by atoms with Crippen LogP contribution in [-0.2, 0) is 19.2 Å². The van der Waals surface area contributed by atoms with E-state index in [0.29, 0.717) is 0 Å². The number of hydrogen-bond donors (Lipinski definition) is 11. The zero-order chi connectivity index (χ0) is 26.1. The number of carbonyl (C=O) groups is 4. The molecule has 0 fully saturated rings. The van der Waals surface area contributed by atoms with Crippen molar-refractivity contribution in [2.45, 2.75) is 46.7 Å². The second kappa shape index (κ2) is 13.9. The maximum atomic E-state index is 11.6. The molecule has 0 spiro atoms. The highest BCUT2D eigenvalue weighted by atomic mass is 32.1. The number of carboxylic acids is 4. The van der Waals surface area contributed by atoms with Crippen molar-refractivity contribution in [2.75, 3.05) is 19.8 Å². The van der Waals surface area contributed by atoms with Crippen LogP contribution >= 0.6 is 50.5 Å². The van der Waals surface area contributed by atoms with Crippen LogP contribution in [0.5, 0.6) is 0 Å². The molecule has 0 heterocycles. The summed E-state index contributed by atoms with van der Waals surface area (Å²) in [5.74, 6) is -7.07. The van der Waals surface area contributed by atoms with E-state index in [9.17, 15) is 54.9 Å². The van der Waals surface area contributed by atoms with Crippen LogP contribution in [0.1, 0.15) is 25.7 Å². The third kappa shape index (κ3) is 7.08. The summed E-state index contributed by atoms with van der Waals surface area (Å²) in [4.78, 5) is 46.4. The molecule has 11 nitrogen and oxygen atoms in total. The van der Waals surface area contributed by atoms with E-state index in [0.717, 1.165) is 0 Å². The van der Waals surface area contributed by atoms with E-state index in [2.05, 4.69) is 50.5 Å². The van der Waals surface area contributed by atoms with Gasteiger partial charge in [-0.25, -0.2) is 0 Å². The van der Waals surface area contributed by atoms with E-state index in [-0.39, 0.29) is 0 Å². The van der Waals surface area contributed by atoms with Crippen LogP contribution in [0.4, 0.5) is 0 Å². The molecule has 192 valence electrons. The van der Waals surface area contributed by atoms with Gasteiger partial charge in [0.15, 0.2) is 0 Å². The SMILES string of the molecule is O=C(O)CC(S)C(CO)(C(CO)CO)C(C(S)CC(=O)O)(C(S)CC(=O)O)C(S)CC(=O)O. The lowest BCUT2D eigenvalue weighted by Gasteiger charge is -2.62. The number of aliphatic carboxylic acids is 4. The van der Waals surface area contributed by atoms with Crippen molar-refractivity contribution in [1.82, 2.24) is 0 Å². The highest BCUT2D eigenvalue weighted by Crippen LogP contribution is 2.61. The van der Waals surface area contributed by atoms with Gasteiger partial charge >= 0.3 is 23.9 Å². The maximum absolute atomic E-state index is 11.6. The first kappa shape index (κ1) is 32.2. The Morgan fingerprint density at radius 1 is 0.576 bits per heavy atom. The molecule has 0 aromatic carbocycles. The molecule has 0 aliphatic heterocycles. The average molecular weight is 551 g/mol. The lowest BCUT2D eigenvalue weighted by molar-refractivity contribution is -0.150. The van der Waals surface area contributed by atoms with E-state index in [1.54, 1.807) is 0 Å². The van der Waals surface area contributed by atoms with Crippen LogP contribution in [0.15, 0.2) is 0 Å². The first-order valence-electron chi connectivity index (χ1n) is 9.60. The summed E-state index contributed by atoms with van der Waals surface area (Å²) in [5.41, 5.74) is -4.19. The molecule has 15 heteroatoms. The summed E-state index contributed by atoms with van der Waals surface area (Å²) < 4.78 is 0. The van der Waals surface area contributed by atoms with Crippen LogP contribution < -0.4 is 0 Å². The van der Waals surface area contributed by atoms with Crippen molar-refractivity contribution in [3.8, 4) is 0 Å². The van der Waals surface area contributed by atoms with Crippen molar-refractivity contribution in [2.24, 2.45) is 16.7 Å². The van der Waals surface area contributed by atoms with Gasteiger partial charge in [0.25, 0.3) is 0 Å². The number of rotatable bonds is 17. The number of aliphatic hydroxyl groups excluding tert-OH is 3. The van der Waals surface area contributed by atoms with Gasteiger partial charge in [-0.3, -0.25) is 19.2 Å². The van der Waals surface area contributed by atoms with Gasteiger partial charge in [0.1, 0.15) is 0 Å². The lowest BCUT2D eigenvalue weighted by atomic mass is 9.50. The van der Waals surface area contributed by atoms with Gasteiger partial charge in [0, 0.05) is 51.0 Å². The van der Waals surface area contributed by atoms with Crippen LogP contribution in [0.3, 0.4) is 0 Å². The maximum Gasteiger partial charge on any atom is 0.304 e. The Bertz CT molecular complexity index is 648. The molecule has 0 aliphatic carbocycles. The number of thiol groups is 4. The predicted octanol–water partition coefficient (Wildman–Crippen LogP) is -0.355. The molecule has 0 saturated carbocycles. The minimum absolute atomic E-state index is 0.781. The summed E-state index contributed by atoms with van der Waals surface area (Å²) in [5, 5.41) is 62.7. The highest BCUT2D eigenvalue weighted by Gasteiger charge is 2.66. The molecule has 0 rings (SSSR count). The third-order valence-electron chi connectivity index (χ3n) is 5.96. The van der Waals surface area contributed by atoms with Crippen LogP contribution in [-0.4, -0.2) is 100 Å². The van der Waals surface area contributed by atoms with Gasteiger partial charge in [0.05, 0.1) is 32.3 Å². The zero-order valence-corrected chi connectivity index (χ0v) is 21.0. The molecule has 0 bridgehead atoms. The molecule has 33 heavy (non-hydrogen) atoms. The van der Waals surface area contributed by atoms with Gasteiger partial charge in [-0.05, 0) is 0 Å².